The van der Waals surface area contributed by atoms with Gasteiger partial charge < -0.3 is 15.4 Å². The molecular formula is C23H19BrN2O4. The number of benzene rings is 3. The lowest BCUT2D eigenvalue weighted by Crippen LogP contribution is -2.22. The summed E-state index contributed by atoms with van der Waals surface area (Å²) in [4.78, 5) is 35.6. The molecule has 0 unspecified atom stereocenters. The minimum absolute atomic E-state index is 0.198. The van der Waals surface area contributed by atoms with Crippen LogP contribution in [0.5, 0.6) is 5.75 Å². The smallest absolute Gasteiger partial charge is 0.308 e. The van der Waals surface area contributed by atoms with Crippen molar-refractivity contribution in [2.24, 2.45) is 0 Å². The van der Waals surface area contributed by atoms with E-state index in [4.69, 9.17) is 4.74 Å². The lowest BCUT2D eigenvalue weighted by molar-refractivity contribution is -0.131. The summed E-state index contributed by atoms with van der Waals surface area (Å²) < 4.78 is 5.90. The van der Waals surface area contributed by atoms with Crippen molar-refractivity contribution in [3.05, 3.63) is 94.0 Å². The van der Waals surface area contributed by atoms with Gasteiger partial charge in [0.15, 0.2) is 0 Å². The van der Waals surface area contributed by atoms with E-state index in [0.29, 0.717) is 29.1 Å². The van der Waals surface area contributed by atoms with E-state index in [-0.39, 0.29) is 11.8 Å². The van der Waals surface area contributed by atoms with Crippen LogP contribution in [0, 0.1) is 0 Å². The number of anilines is 1. The molecule has 0 bridgehead atoms. The van der Waals surface area contributed by atoms with Crippen LogP contribution >= 0.6 is 15.9 Å². The van der Waals surface area contributed by atoms with E-state index in [0.717, 1.165) is 10.0 Å². The van der Waals surface area contributed by atoms with Crippen molar-refractivity contribution in [2.45, 2.75) is 13.5 Å². The highest BCUT2D eigenvalue weighted by molar-refractivity contribution is 9.10. The number of carbonyl (C=O) groups excluding carboxylic acids is 3. The van der Waals surface area contributed by atoms with Crippen LogP contribution in [-0.2, 0) is 11.3 Å². The average Bonchev–Trinajstić information content (AvgIpc) is 2.73. The van der Waals surface area contributed by atoms with E-state index in [1.807, 2.05) is 24.3 Å². The molecule has 0 atom stereocenters. The number of nitrogens with one attached hydrogen (secondary N) is 2. The van der Waals surface area contributed by atoms with Crippen LogP contribution in [0.25, 0.3) is 0 Å². The van der Waals surface area contributed by atoms with E-state index >= 15 is 0 Å². The first-order valence-electron chi connectivity index (χ1n) is 9.13. The number of rotatable bonds is 6. The van der Waals surface area contributed by atoms with E-state index < -0.39 is 5.97 Å². The predicted molar refractivity (Wildman–Crippen MR) is 117 cm³/mol. The first-order chi connectivity index (χ1) is 14.4. The number of ether oxygens (including phenoxy) is 1. The molecule has 30 heavy (non-hydrogen) atoms. The maximum absolute atomic E-state index is 12.3. The van der Waals surface area contributed by atoms with Crippen molar-refractivity contribution in [1.29, 1.82) is 0 Å². The van der Waals surface area contributed by atoms with E-state index in [1.54, 1.807) is 42.5 Å². The van der Waals surface area contributed by atoms with Crippen LogP contribution in [-0.4, -0.2) is 17.8 Å². The van der Waals surface area contributed by atoms with Gasteiger partial charge in [0, 0.05) is 34.8 Å². The fourth-order valence-corrected chi connectivity index (χ4v) is 2.93. The topological polar surface area (TPSA) is 84.5 Å². The first kappa shape index (κ1) is 21.3. The van der Waals surface area contributed by atoms with Gasteiger partial charge in [-0.25, -0.2) is 0 Å². The van der Waals surface area contributed by atoms with E-state index in [2.05, 4.69) is 26.6 Å². The summed E-state index contributed by atoms with van der Waals surface area (Å²) in [5.74, 6) is -0.603. The van der Waals surface area contributed by atoms with Gasteiger partial charge in [0.25, 0.3) is 11.8 Å². The molecule has 0 aliphatic carbocycles. The summed E-state index contributed by atoms with van der Waals surface area (Å²) in [5.41, 5.74) is 2.49. The maximum Gasteiger partial charge on any atom is 0.308 e. The number of amides is 2. The summed E-state index contributed by atoms with van der Waals surface area (Å²) in [7, 11) is 0. The van der Waals surface area contributed by atoms with Crippen LogP contribution in [0.1, 0.15) is 33.2 Å². The molecule has 3 aromatic carbocycles. The zero-order valence-corrected chi connectivity index (χ0v) is 17.7. The van der Waals surface area contributed by atoms with Gasteiger partial charge in [-0.3, -0.25) is 14.4 Å². The molecule has 0 radical (unpaired) electrons. The lowest BCUT2D eigenvalue weighted by Gasteiger charge is -2.09. The third-order valence-corrected chi connectivity index (χ3v) is 4.66. The molecule has 3 rings (SSSR count). The van der Waals surface area contributed by atoms with Crippen molar-refractivity contribution >= 4 is 39.4 Å². The molecule has 3 aromatic rings. The van der Waals surface area contributed by atoms with Gasteiger partial charge in [-0.15, -0.1) is 0 Å². The number of carbonyl (C=O) groups is 3. The van der Waals surface area contributed by atoms with Crippen LogP contribution in [0.4, 0.5) is 5.69 Å². The molecule has 2 N–H and O–H groups in total. The molecule has 0 spiro atoms. The molecule has 0 heterocycles. The van der Waals surface area contributed by atoms with E-state index in [9.17, 15) is 14.4 Å². The molecule has 2 amide bonds. The third kappa shape index (κ3) is 6.02. The second-order valence-corrected chi connectivity index (χ2v) is 7.38. The highest BCUT2D eigenvalue weighted by atomic mass is 79.9. The number of hydrogen-bond acceptors (Lipinski definition) is 4. The molecule has 7 heteroatoms. The molecular weight excluding hydrogens is 448 g/mol. The van der Waals surface area contributed by atoms with Gasteiger partial charge in [-0.1, -0.05) is 34.1 Å². The summed E-state index contributed by atoms with van der Waals surface area (Å²) in [6.07, 6.45) is 0. The van der Waals surface area contributed by atoms with E-state index in [1.165, 1.54) is 13.0 Å². The zero-order valence-electron chi connectivity index (χ0n) is 16.1. The Morgan fingerprint density at radius 2 is 1.57 bits per heavy atom. The first-order valence-corrected chi connectivity index (χ1v) is 9.92. The fourth-order valence-electron chi connectivity index (χ4n) is 2.66. The number of esters is 1. The quantitative estimate of drug-likeness (QED) is 0.412. The molecule has 0 fully saturated rings. The van der Waals surface area contributed by atoms with Crippen LogP contribution in [0.3, 0.4) is 0 Å². The van der Waals surface area contributed by atoms with Crippen LogP contribution in [0.15, 0.2) is 77.3 Å². The molecule has 152 valence electrons. The Hall–Kier alpha value is -3.45. The van der Waals surface area contributed by atoms with Crippen molar-refractivity contribution in [3.63, 3.8) is 0 Å². The van der Waals surface area contributed by atoms with Crippen LogP contribution in [0.2, 0.25) is 0 Å². The van der Waals surface area contributed by atoms with Crippen LogP contribution < -0.4 is 15.4 Å². The fraction of sp³-hybridized carbons (Fsp3) is 0.0870. The summed E-state index contributed by atoms with van der Waals surface area (Å²) in [6.45, 7) is 1.62. The van der Waals surface area contributed by atoms with Crippen molar-refractivity contribution < 1.29 is 19.1 Å². The third-order valence-electron chi connectivity index (χ3n) is 4.13. The van der Waals surface area contributed by atoms with Gasteiger partial charge >= 0.3 is 5.97 Å². The van der Waals surface area contributed by atoms with Gasteiger partial charge in [-0.2, -0.15) is 0 Å². The second-order valence-electron chi connectivity index (χ2n) is 6.46. The average molecular weight is 467 g/mol. The molecule has 0 aliphatic rings. The highest BCUT2D eigenvalue weighted by Crippen LogP contribution is 2.15. The summed E-state index contributed by atoms with van der Waals surface area (Å²) in [6, 6.07) is 20.7. The highest BCUT2D eigenvalue weighted by Gasteiger charge is 2.09. The van der Waals surface area contributed by atoms with Gasteiger partial charge in [0.2, 0.25) is 0 Å². The van der Waals surface area contributed by atoms with Gasteiger partial charge in [-0.05, 0) is 60.2 Å². The molecule has 0 aliphatic heterocycles. The van der Waals surface area contributed by atoms with Crippen molar-refractivity contribution in [1.82, 2.24) is 5.32 Å². The maximum atomic E-state index is 12.3. The monoisotopic (exact) mass is 466 g/mol. The lowest BCUT2D eigenvalue weighted by atomic mass is 10.1. The second kappa shape index (κ2) is 9.84. The largest absolute Gasteiger partial charge is 0.427 e. The van der Waals surface area contributed by atoms with Gasteiger partial charge in [0.1, 0.15) is 5.75 Å². The Bertz CT molecular complexity index is 1060. The van der Waals surface area contributed by atoms with Gasteiger partial charge in [0.05, 0.1) is 0 Å². The zero-order chi connectivity index (χ0) is 21.5. The Kier molecular flexibility index (Phi) is 6.98. The van der Waals surface area contributed by atoms with Crippen molar-refractivity contribution in [2.75, 3.05) is 5.32 Å². The Labute approximate surface area is 182 Å². The van der Waals surface area contributed by atoms with Crippen molar-refractivity contribution in [3.8, 4) is 5.75 Å². The normalized spacial score (nSPS) is 10.2. The molecule has 0 saturated carbocycles. The summed E-state index contributed by atoms with van der Waals surface area (Å²) >= 11 is 3.34. The number of halogens is 1. The Balaban J connectivity index is 1.55. The standard InChI is InChI=1S/C23H19BrN2O4/c1-15(27)30-21-4-2-3-18(13-21)22(28)25-14-16-5-11-20(12-6-16)26-23(29)17-7-9-19(24)10-8-17/h2-13H,14H2,1H3,(H,25,28)(H,26,29). The molecule has 0 aromatic heterocycles. The minimum Gasteiger partial charge on any atom is -0.427 e. The Morgan fingerprint density at radius 1 is 0.867 bits per heavy atom. The predicted octanol–water partition coefficient (Wildman–Crippen LogP) is 4.56. The summed E-state index contributed by atoms with van der Waals surface area (Å²) in [5, 5.41) is 5.65. The minimum atomic E-state index is -0.445. The SMILES string of the molecule is CC(=O)Oc1cccc(C(=O)NCc2ccc(NC(=O)c3ccc(Br)cc3)cc2)c1. The molecule has 0 saturated heterocycles. The number of hydrogen-bond donors (Lipinski definition) is 2. The molecule has 6 nitrogen and oxygen atoms in total. The Morgan fingerprint density at radius 3 is 2.23 bits per heavy atom.